The third kappa shape index (κ3) is 13.8. The number of aliphatic hydroxyl groups is 1. The van der Waals surface area contributed by atoms with Gasteiger partial charge < -0.3 is 61.9 Å². The molecule has 0 radical (unpaired) electrons. The van der Waals surface area contributed by atoms with Gasteiger partial charge in [0.1, 0.15) is 18.8 Å². The van der Waals surface area contributed by atoms with Gasteiger partial charge in [-0.1, -0.05) is 0 Å². The lowest BCUT2D eigenvalue weighted by atomic mass is 9.93. The van der Waals surface area contributed by atoms with E-state index in [1.807, 2.05) is 0 Å². The molecular weight excluding hydrogens is 736 g/mol. The second kappa shape index (κ2) is 20.5. The van der Waals surface area contributed by atoms with Gasteiger partial charge in [0.25, 0.3) is 0 Å². The molecule has 304 valence electrons. The number of esters is 9. The Bertz CT molecular complexity index is 1410. The molecule has 2 heterocycles. The van der Waals surface area contributed by atoms with Crippen molar-refractivity contribution in [1.29, 1.82) is 0 Å². The van der Waals surface area contributed by atoms with Crippen LogP contribution < -0.4 is 0 Å². The highest BCUT2D eigenvalue weighted by atomic mass is 16.7. The van der Waals surface area contributed by atoms with Crippen LogP contribution in [-0.2, 0) is 100.0 Å². The van der Waals surface area contributed by atoms with Crippen molar-refractivity contribution in [3.63, 3.8) is 0 Å². The van der Waals surface area contributed by atoms with Crippen LogP contribution in [0.3, 0.4) is 0 Å². The second-order valence-corrected chi connectivity index (χ2v) is 11.8. The predicted molar refractivity (Wildman–Crippen MR) is 167 cm³/mol. The van der Waals surface area contributed by atoms with E-state index in [-0.39, 0.29) is 0 Å². The molecule has 22 heteroatoms. The van der Waals surface area contributed by atoms with Gasteiger partial charge >= 0.3 is 53.7 Å². The van der Waals surface area contributed by atoms with E-state index < -0.39 is 141 Å². The summed E-state index contributed by atoms with van der Waals surface area (Å²) in [6.45, 7) is 7.28. The van der Waals surface area contributed by atoms with Crippen molar-refractivity contribution in [2.75, 3.05) is 13.2 Å². The molecular formula is C32H44O22. The Labute approximate surface area is 308 Å². The van der Waals surface area contributed by atoms with Crippen molar-refractivity contribution in [2.45, 2.75) is 136 Å². The maximum atomic E-state index is 12.4. The summed E-state index contributed by atoms with van der Waals surface area (Å²) < 4.78 is 65.2. The Morgan fingerprint density at radius 1 is 0.444 bits per heavy atom. The fourth-order valence-electron chi connectivity index (χ4n) is 5.56. The Hall–Kier alpha value is -4.93. The van der Waals surface area contributed by atoms with Gasteiger partial charge in [-0.05, 0) is 0 Å². The highest BCUT2D eigenvalue weighted by Gasteiger charge is 2.57. The number of aliphatic hydroxyl groups excluding tert-OH is 1. The van der Waals surface area contributed by atoms with E-state index in [1.54, 1.807) is 0 Å². The Balaban J connectivity index is 2.71. The highest BCUT2D eigenvalue weighted by molar-refractivity contribution is 5.70. The zero-order valence-electron chi connectivity index (χ0n) is 30.9. The van der Waals surface area contributed by atoms with Crippen LogP contribution in [0.4, 0.5) is 0 Å². The normalized spacial score (nSPS) is 28.8. The van der Waals surface area contributed by atoms with Crippen LogP contribution in [0.5, 0.6) is 0 Å². The quantitative estimate of drug-likeness (QED) is 0.146. The molecule has 22 nitrogen and oxygen atoms in total. The molecule has 0 saturated carbocycles. The van der Waals surface area contributed by atoms with Crippen LogP contribution >= 0.6 is 0 Å². The monoisotopic (exact) mass is 780 g/mol. The van der Waals surface area contributed by atoms with Crippen molar-refractivity contribution in [3.8, 4) is 0 Å². The van der Waals surface area contributed by atoms with Gasteiger partial charge in [0.15, 0.2) is 61.4 Å². The van der Waals surface area contributed by atoms with Crippen LogP contribution in [0.15, 0.2) is 0 Å². The molecule has 2 rings (SSSR count). The van der Waals surface area contributed by atoms with E-state index >= 15 is 0 Å². The maximum Gasteiger partial charge on any atom is 0.303 e. The van der Waals surface area contributed by atoms with Crippen molar-refractivity contribution < 1.29 is 105 Å². The largest absolute Gasteiger partial charge is 0.462 e. The van der Waals surface area contributed by atoms with Gasteiger partial charge in [-0.25, -0.2) is 0 Å². The third-order valence-electron chi connectivity index (χ3n) is 7.14. The first kappa shape index (κ1) is 45.2. The van der Waals surface area contributed by atoms with E-state index in [2.05, 4.69) is 0 Å². The van der Waals surface area contributed by atoms with Gasteiger partial charge in [0, 0.05) is 62.3 Å². The first-order valence-electron chi connectivity index (χ1n) is 16.2. The summed E-state index contributed by atoms with van der Waals surface area (Å²) in [7, 11) is 0. The van der Waals surface area contributed by atoms with Crippen LogP contribution in [-0.4, -0.2) is 146 Å². The number of hydrogen-bond acceptors (Lipinski definition) is 22. The SMILES string of the molecule is CC(=O)OC[C@H](OC(C)=O)[C@H]1O[C@@H](OC[C@H](OC(C)=O)[C@H]2O[C@@H](O)[C@@H](OC(C)=O)[C@@H](OC(C)=O)[C@@H]2OC(C)=O)[C@@H](OC(C)=O)[C@@H](OC(C)=O)[C@@H]1OC(C)=O. The maximum absolute atomic E-state index is 12.4. The van der Waals surface area contributed by atoms with Gasteiger partial charge in [-0.3, -0.25) is 43.2 Å². The van der Waals surface area contributed by atoms with Crippen LogP contribution in [0.1, 0.15) is 62.3 Å². The van der Waals surface area contributed by atoms with E-state index in [0.717, 1.165) is 62.3 Å². The number of rotatable bonds is 15. The zero-order valence-corrected chi connectivity index (χ0v) is 30.9. The lowest BCUT2D eigenvalue weighted by molar-refractivity contribution is -0.331. The second-order valence-electron chi connectivity index (χ2n) is 11.8. The minimum absolute atomic E-state index is 0.690. The number of hydrogen-bond donors (Lipinski definition) is 1. The molecule has 12 atom stereocenters. The summed E-state index contributed by atoms with van der Waals surface area (Å²) in [6.07, 6.45) is -21.3. The number of carbonyl (C=O) groups excluding carboxylic acids is 9. The van der Waals surface area contributed by atoms with Crippen molar-refractivity contribution in [1.82, 2.24) is 0 Å². The lowest BCUT2D eigenvalue weighted by Gasteiger charge is -2.47. The van der Waals surface area contributed by atoms with E-state index in [1.165, 1.54) is 0 Å². The fourth-order valence-corrected chi connectivity index (χ4v) is 5.56. The van der Waals surface area contributed by atoms with Crippen molar-refractivity contribution in [3.05, 3.63) is 0 Å². The molecule has 0 aromatic carbocycles. The Kier molecular flexibility index (Phi) is 17.2. The summed E-state index contributed by atoms with van der Waals surface area (Å²) >= 11 is 0. The topological polar surface area (TPSA) is 285 Å². The minimum atomic E-state index is -2.08. The summed E-state index contributed by atoms with van der Waals surface area (Å²) in [5.74, 6) is -8.57. The third-order valence-corrected chi connectivity index (χ3v) is 7.14. The van der Waals surface area contributed by atoms with E-state index in [0.29, 0.717) is 0 Å². The predicted octanol–water partition coefficient (Wildman–Crippen LogP) is -1.54. The molecule has 0 aromatic rings. The van der Waals surface area contributed by atoms with Crippen LogP contribution in [0.2, 0.25) is 0 Å². The smallest absolute Gasteiger partial charge is 0.303 e. The molecule has 2 aliphatic rings. The highest BCUT2D eigenvalue weighted by Crippen LogP contribution is 2.34. The minimum Gasteiger partial charge on any atom is -0.462 e. The molecule has 1 N–H and O–H groups in total. The summed E-state index contributed by atoms with van der Waals surface area (Å²) in [5, 5.41) is 10.9. The summed E-state index contributed by atoms with van der Waals surface area (Å²) in [6, 6.07) is 0. The van der Waals surface area contributed by atoms with Gasteiger partial charge in [0.2, 0.25) is 0 Å². The number of carbonyl (C=O) groups is 9. The Morgan fingerprint density at radius 2 is 0.796 bits per heavy atom. The van der Waals surface area contributed by atoms with Crippen LogP contribution in [0, 0.1) is 0 Å². The van der Waals surface area contributed by atoms with Crippen LogP contribution in [0.25, 0.3) is 0 Å². The molecule has 0 unspecified atom stereocenters. The van der Waals surface area contributed by atoms with E-state index in [4.69, 9.17) is 56.8 Å². The lowest BCUT2D eigenvalue weighted by Crippen LogP contribution is -2.66. The van der Waals surface area contributed by atoms with Gasteiger partial charge in [0.05, 0.1) is 6.61 Å². The molecule has 2 fully saturated rings. The van der Waals surface area contributed by atoms with Gasteiger partial charge in [-0.2, -0.15) is 0 Å². The molecule has 0 bridgehead atoms. The molecule has 0 aliphatic carbocycles. The summed E-state index contributed by atoms with van der Waals surface area (Å²) in [4.78, 5) is 109. The average Bonchev–Trinajstić information content (AvgIpc) is 3.01. The molecule has 0 spiro atoms. The molecule has 54 heavy (non-hydrogen) atoms. The van der Waals surface area contributed by atoms with E-state index in [9.17, 15) is 48.3 Å². The Morgan fingerprint density at radius 3 is 1.20 bits per heavy atom. The molecule has 0 aromatic heterocycles. The van der Waals surface area contributed by atoms with Gasteiger partial charge in [-0.15, -0.1) is 0 Å². The standard InChI is InChI=1S/C32H44O22/c1-12(33)43-10-21(45-13(2)34)24-26(48-16(5)37)28(50-18(7)39)30(52-20(9)41)32(54-24)44-11-22(46-14(3)35)23-25(47-15(4)36)27(49-17(6)38)29(31(42)53-23)51-19(8)40/h21-32,42H,10-11H2,1-9H3/t21-,22-,23+,24+,25+,26+,27-,28-,29-,30-,31+,32+/m0/s1. The molecule has 2 aliphatic heterocycles. The first-order valence-corrected chi connectivity index (χ1v) is 16.2. The summed E-state index contributed by atoms with van der Waals surface area (Å²) in [5.41, 5.74) is 0. The molecule has 2 saturated heterocycles. The average molecular weight is 781 g/mol. The number of ether oxygens (including phenoxy) is 12. The first-order chi connectivity index (χ1) is 25.1. The molecule has 0 amide bonds. The van der Waals surface area contributed by atoms with Crippen molar-refractivity contribution >= 4 is 53.7 Å². The van der Waals surface area contributed by atoms with Crippen molar-refractivity contribution in [2.24, 2.45) is 0 Å². The fraction of sp³-hybridized carbons (Fsp3) is 0.719. The zero-order chi connectivity index (χ0) is 41.0.